The van der Waals surface area contributed by atoms with Crippen molar-refractivity contribution < 1.29 is 18.3 Å². The highest BCUT2D eigenvalue weighted by atomic mass is 35.5. The highest BCUT2D eigenvalue weighted by molar-refractivity contribution is 7.89. The molecule has 0 unspecified atom stereocenters. The fraction of sp³-hybridized carbons (Fsp3) is 0.417. The first-order valence-electron chi connectivity index (χ1n) is 5.90. The van der Waals surface area contributed by atoms with Gasteiger partial charge in [0.05, 0.1) is 5.02 Å². The molecule has 0 aromatic heterocycles. The lowest BCUT2D eigenvalue weighted by atomic mass is 10.1. The Labute approximate surface area is 116 Å². The van der Waals surface area contributed by atoms with E-state index in [0.29, 0.717) is 12.3 Å². The Balaban J connectivity index is 2.19. The number of sulfonamides is 1. The number of hydrogen-bond donors (Lipinski definition) is 2. The Hall–Kier alpha value is -1.11. The summed E-state index contributed by atoms with van der Waals surface area (Å²) in [4.78, 5) is 11.0. The number of carboxylic acid groups (broad SMARTS) is 1. The second-order valence-electron chi connectivity index (χ2n) is 4.62. The molecule has 0 radical (unpaired) electrons. The quantitative estimate of drug-likeness (QED) is 0.840. The molecule has 1 aliphatic rings. The van der Waals surface area contributed by atoms with Gasteiger partial charge in [0.15, 0.2) is 0 Å². The van der Waals surface area contributed by atoms with Crippen molar-refractivity contribution >= 4 is 27.6 Å². The lowest BCUT2D eigenvalue weighted by Gasteiger charge is -2.15. The number of halogens is 1. The van der Waals surface area contributed by atoms with Crippen LogP contribution in [0.15, 0.2) is 29.2 Å². The van der Waals surface area contributed by atoms with Crippen LogP contribution in [-0.4, -0.2) is 25.5 Å². The van der Waals surface area contributed by atoms with Crippen molar-refractivity contribution in [1.29, 1.82) is 0 Å². The smallest absolute Gasteiger partial charge is 0.321 e. The fourth-order valence-electron chi connectivity index (χ4n) is 1.80. The van der Waals surface area contributed by atoms with Crippen LogP contribution in [-0.2, 0) is 14.8 Å². The minimum atomic E-state index is -3.92. The van der Waals surface area contributed by atoms with Crippen LogP contribution in [0.3, 0.4) is 0 Å². The number of rotatable bonds is 6. The van der Waals surface area contributed by atoms with Gasteiger partial charge in [0, 0.05) is 0 Å². The van der Waals surface area contributed by atoms with Gasteiger partial charge in [-0.2, -0.15) is 4.72 Å². The van der Waals surface area contributed by atoms with E-state index in [0.717, 1.165) is 12.8 Å². The molecular formula is C12H14ClNO4S. The minimum Gasteiger partial charge on any atom is -0.480 e. The molecule has 0 saturated heterocycles. The van der Waals surface area contributed by atoms with Gasteiger partial charge in [0.2, 0.25) is 10.0 Å². The van der Waals surface area contributed by atoms with Gasteiger partial charge in [-0.25, -0.2) is 8.42 Å². The van der Waals surface area contributed by atoms with E-state index in [1.807, 2.05) is 0 Å². The van der Waals surface area contributed by atoms with Gasteiger partial charge >= 0.3 is 5.97 Å². The van der Waals surface area contributed by atoms with Crippen LogP contribution in [0.5, 0.6) is 0 Å². The van der Waals surface area contributed by atoms with Crippen LogP contribution in [0.25, 0.3) is 0 Å². The second-order valence-corrected chi connectivity index (χ2v) is 6.71. The van der Waals surface area contributed by atoms with E-state index in [2.05, 4.69) is 4.72 Å². The van der Waals surface area contributed by atoms with Crippen LogP contribution in [0.2, 0.25) is 5.02 Å². The molecule has 19 heavy (non-hydrogen) atoms. The minimum absolute atomic E-state index is 0.0746. The number of nitrogens with one attached hydrogen (secondary N) is 1. The van der Waals surface area contributed by atoms with Crippen LogP contribution >= 0.6 is 11.6 Å². The maximum absolute atomic E-state index is 12.1. The van der Waals surface area contributed by atoms with Crippen molar-refractivity contribution in [2.45, 2.75) is 30.2 Å². The summed E-state index contributed by atoms with van der Waals surface area (Å²) in [6.45, 7) is 0. The van der Waals surface area contributed by atoms with Gasteiger partial charge in [-0.05, 0) is 24.5 Å². The molecular weight excluding hydrogens is 290 g/mol. The van der Waals surface area contributed by atoms with Crippen LogP contribution in [0, 0.1) is 5.92 Å². The van der Waals surface area contributed by atoms with E-state index >= 15 is 0 Å². The zero-order chi connectivity index (χ0) is 14.0. The zero-order valence-corrected chi connectivity index (χ0v) is 11.6. The fourth-order valence-corrected chi connectivity index (χ4v) is 3.52. The molecule has 0 amide bonds. The van der Waals surface area contributed by atoms with Crippen LogP contribution < -0.4 is 4.72 Å². The van der Waals surface area contributed by atoms with Crippen molar-refractivity contribution in [3.63, 3.8) is 0 Å². The van der Waals surface area contributed by atoms with Crippen molar-refractivity contribution in [3.8, 4) is 0 Å². The van der Waals surface area contributed by atoms with E-state index in [-0.39, 0.29) is 9.92 Å². The summed E-state index contributed by atoms with van der Waals surface area (Å²) in [7, 11) is -3.92. The topological polar surface area (TPSA) is 83.5 Å². The average molecular weight is 304 g/mol. The maximum atomic E-state index is 12.1. The molecule has 1 aliphatic carbocycles. The first-order chi connectivity index (χ1) is 8.90. The molecule has 2 rings (SSSR count). The van der Waals surface area contributed by atoms with Crippen molar-refractivity contribution in [2.24, 2.45) is 5.92 Å². The Morgan fingerprint density at radius 3 is 2.58 bits per heavy atom. The molecule has 7 heteroatoms. The summed E-state index contributed by atoms with van der Waals surface area (Å²) in [5.74, 6) is -0.863. The second kappa shape index (κ2) is 5.48. The molecule has 0 spiro atoms. The van der Waals surface area contributed by atoms with Gasteiger partial charge < -0.3 is 5.11 Å². The summed E-state index contributed by atoms with van der Waals surface area (Å²) in [6, 6.07) is 4.85. The molecule has 0 heterocycles. The summed E-state index contributed by atoms with van der Waals surface area (Å²) in [5.41, 5.74) is 0. The third kappa shape index (κ3) is 3.68. The summed E-state index contributed by atoms with van der Waals surface area (Å²) in [5, 5.41) is 9.14. The molecule has 104 valence electrons. The molecule has 1 aromatic rings. The largest absolute Gasteiger partial charge is 0.480 e. The van der Waals surface area contributed by atoms with Gasteiger partial charge in [0.25, 0.3) is 0 Å². The molecule has 0 bridgehead atoms. The number of hydrogen-bond acceptors (Lipinski definition) is 3. The lowest BCUT2D eigenvalue weighted by molar-refractivity contribution is -0.139. The number of carboxylic acids is 1. The third-order valence-corrected chi connectivity index (χ3v) is 4.96. The van der Waals surface area contributed by atoms with E-state index in [9.17, 15) is 13.2 Å². The van der Waals surface area contributed by atoms with E-state index in [1.54, 1.807) is 6.07 Å². The Morgan fingerprint density at radius 1 is 1.42 bits per heavy atom. The first-order valence-corrected chi connectivity index (χ1v) is 7.76. The number of aliphatic carboxylic acids is 1. The SMILES string of the molecule is O=C(O)[C@H](CC1CC1)NS(=O)(=O)c1ccccc1Cl. The normalized spacial score (nSPS) is 17.1. The van der Waals surface area contributed by atoms with Crippen molar-refractivity contribution in [2.75, 3.05) is 0 Å². The number of benzene rings is 1. The molecule has 0 aliphatic heterocycles. The molecule has 1 atom stereocenters. The molecule has 1 fully saturated rings. The van der Waals surface area contributed by atoms with E-state index in [4.69, 9.17) is 16.7 Å². The monoisotopic (exact) mass is 303 g/mol. The number of carbonyl (C=O) groups is 1. The predicted molar refractivity (Wildman–Crippen MR) is 70.5 cm³/mol. The Bertz CT molecular complexity index is 583. The summed E-state index contributed by atoms with van der Waals surface area (Å²) >= 11 is 5.82. The van der Waals surface area contributed by atoms with Gasteiger partial charge in [-0.15, -0.1) is 0 Å². The van der Waals surface area contributed by atoms with E-state index < -0.39 is 22.0 Å². The van der Waals surface area contributed by atoms with Gasteiger partial charge in [-0.1, -0.05) is 36.6 Å². The third-order valence-electron chi connectivity index (χ3n) is 2.99. The molecule has 2 N–H and O–H groups in total. The lowest BCUT2D eigenvalue weighted by Crippen LogP contribution is -2.41. The Kier molecular flexibility index (Phi) is 4.13. The predicted octanol–water partition coefficient (Wildman–Crippen LogP) is 1.87. The van der Waals surface area contributed by atoms with Crippen molar-refractivity contribution in [1.82, 2.24) is 4.72 Å². The molecule has 5 nitrogen and oxygen atoms in total. The first kappa shape index (κ1) is 14.3. The van der Waals surface area contributed by atoms with Crippen LogP contribution in [0.1, 0.15) is 19.3 Å². The molecule has 1 saturated carbocycles. The van der Waals surface area contributed by atoms with Crippen LogP contribution in [0.4, 0.5) is 0 Å². The van der Waals surface area contributed by atoms with Gasteiger partial charge in [-0.3, -0.25) is 4.79 Å². The Morgan fingerprint density at radius 2 is 2.05 bits per heavy atom. The highest BCUT2D eigenvalue weighted by Gasteiger charge is 2.32. The summed E-state index contributed by atoms with van der Waals surface area (Å²) < 4.78 is 26.4. The summed E-state index contributed by atoms with van der Waals surface area (Å²) in [6.07, 6.45) is 2.23. The van der Waals surface area contributed by atoms with Gasteiger partial charge in [0.1, 0.15) is 10.9 Å². The zero-order valence-electron chi connectivity index (χ0n) is 10.0. The molecule has 1 aromatic carbocycles. The highest BCUT2D eigenvalue weighted by Crippen LogP contribution is 2.34. The maximum Gasteiger partial charge on any atom is 0.321 e. The van der Waals surface area contributed by atoms with E-state index in [1.165, 1.54) is 18.2 Å². The standard InChI is InChI=1S/C12H14ClNO4S/c13-9-3-1-2-4-11(9)19(17,18)14-10(12(15)16)7-8-5-6-8/h1-4,8,10,14H,5-7H2,(H,15,16)/t10-/m0/s1. The average Bonchev–Trinajstić information content (AvgIpc) is 3.12. The van der Waals surface area contributed by atoms with Crippen molar-refractivity contribution in [3.05, 3.63) is 29.3 Å².